The fourth-order valence-corrected chi connectivity index (χ4v) is 6.19. The molecule has 7 rings (SSSR count). The van der Waals surface area contributed by atoms with Crippen molar-refractivity contribution in [3.63, 3.8) is 0 Å². The lowest BCUT2D eigenvalue weighted by molar-refractivity contribution is 1.47. The zero-order valence-electron chi connectivity index (χ0n) is 20.6. The third kappa shape index (κ3) is 3.67. The molecule has 1 aromatic heterocycles. The van der Waals surface area contributed by atoms with Crippen molar-refractivity contribution >= 4 is 46.3 Å². The third-order valence-corrected chi connectivity index (χ3v) is 8.31. The van der Waals surface area contributed by atoms with Gasteiger partial charge in [0.15, 0.2) is 0 Å². The van der Waals surface area contributed by atoms with Crippen molar-refractivity contribution in [1.82, 2.24) is 4.98 Å². The topological polar surface area (TPSA) is 15.8 Å². The highest BCUT2D eigenvalue weighted by Gasteiger charge is 2.20. The van der Waals surface area contributed by atoms with E-state index >= 15 is 0 Å². The summed E-state index contributed by atoms with van der Waals surface area (Å²) in [5.74, 6) is 0. The molecule has 1 unspecified atom stereocenters. The molecule has 0 amide bonds. The first-order valence-corrected chi connectivity index (χ1v) is 14.2. The fraction of sp³-hybridized carbons (Fsp3) is 0.0286. The molecule has 0 aliphatic rings. The van der Waals surface area contributed by atoms with Gasteiger partial charge in [-0.3, -0.25) is 0 Å². The Kier molecular flexibility index (Phi) is 5.38. The lowest BCUT2D eigenvalue weighted by Crippen LogP contribution is -1.95. The summed E-state index contributed by atoms with van der Waals surface area (Å²) in [6.45, 7) is 2.24. The van der Waals surface area contributed by atoms with E-state index in [0.717, 1.165) is 19.8 Å². The van der Waals surface area contributed by atoms with Crippen LogP contribution in [0.2, 0.25) is 0 Å². The quantitative estimate of drug-likeness (QED) is 0.186. The van der Waals surface area contributed by atoms with E-state index in [4.69, 9.17) is 0 Å². The van der Waals surface area contributed by atoms with Crippen LogP contribution in [0.4, 0.5) is 0 Å². The molecule has 0 fully saturated rings. The molecule has 0 aliphatic heterocycles. The van der Waals surface area contributed by atoms with Crippen LogP contribution in [0.15, 0.2) is 127 Å². The molecule has 0 spiro atoms. The van der Waals surface area contributed by atoms with Crippen LogP contribution >= 0.6 is 8.58 Å². The third-order valence-electron chi connectivity index (χ3n) is 7.39. The lowest BCUT2D eigenvalue weighted by atomic mass is 9.84. The normalized spacial score (nSPS) is 11.8. The number of hydrogen-bond donors (Lipinski definition) is 1. The van der Waals surface area contributed by atoms with Gasteiger partial charge in [-0.25, -0.2) is 0 Å². The maximum atomic E-state index is 3.71. The molecule has 1 heterocycles. The Morgan fingerprint density at radius 3 is 1.95 bits per heavy atom. The second-order valence-corrected chi connectivity index (χ2v) is 10.6. The second kappa shape index (κ2) is 9.04. The first kappa shape index (κ1) is 22.0. The van der Waals surface area contributed by atoms with E-state index in [1.807, 2.05) is 0 Å². The molecule has 0 aliphatic carbocycles. The molecule has 37 heavy (non-hydrogen) atoms. The van der Waals surface area contributed by atoms with Gasteiger partial charge in [-0.15, -0.1) is 0 Å². The van der Waals surface area contributed by atoms with E-state index in [2.05, 4.69) is 139 Å². The van der Waals surface area contributed by atoms with Crippen molar-refractivity contribution in [2.75, 3.05) is 6.66 Å². The summed E-state index contributed by atoms with van der Waals surface area (Å²) in [5, 5.41) is 7.75. The lowest BCUT2D eigenvalue weighted by Gasteiger charge is -2.20. The number of nitrogens with one attached hydrogen (secondary N) is 1. The van der Waals surface area contributed by atoms with Crippen LogP contribution in [0.3, 0.4) is 0 Å². The Labute approximate surface area is 218 Å². The van der Waals surface area contributed by atoms with Gasteiger partial charge in [0, 0.05) is 27.5 Å². The van der Waals surface area contributed by atoms with Crippen LogP contribution in [0.1, 0.15) is 0 Å². The molecule has 0 saturated carbocycles. The number of benzene rings is 6. The monoisotopic (exact) mass is 491 g/mol. The van der Waals surface area contributed by atoms with E-state index in [1.54, 1.807) is 0 Å². The highest BCUT2D eigenvalue weighted by Crippen LogP contribution is 2.46. The minimum atomic E-state index is 0.795. The largest absolute Gasteiger partial charge is 0.355 e. The van der Waals surface area contributed by atoms with E-state index in [0.29, 0.717) is 0 Å². The zero-order valence-corrected chi connectivity index (χ0v) is 21.6. The standard InChI is InChI=1S/C35H26NP/c1-37-26-20-18-24(19-21-26)33-27-13-6-7-14-28(27)34(23-10-3-2-4-11-23)35-29(15-9-16-30(33)35)32-22-25-12-5-8-17-31(25)36-32/h2-22,36-37H,1H3. The number of rotatable bonds is 4. The van der Waals surface area contributed by atoms with Gasteiger partial charge in [-0.2, -0.15) is 0 Å². The molecule has 7 aromatic rings. The number of hydrogen-bond acceptors (Lipinski definition) is 0. The maximum Gasteiger partial charge on any atom is 0.0471 e. The molecule has 1 N–H and O–H groups in total. The number of aromatic amines is 1. The molecule has 0 bridgehead atoms. The summed E-state index contributed by atoms with van der Waals surface area (Å²) in [6.07, 6.45) is 0. The molecule has 176 valence electrons. The number of fused-ring (bicyclic) bond motifs is 3. The van der Waals surface area contributed by atoms with Crippen molar-refractivity contribution in [3.05, 3.63) is 127 Å². The van der Waals surface area contributed by atoms with E-state index in [-0.39, 0.29) is 0 Å². The SMILES string of the molecule is CPc1ccc(-c2c3ccccc3c(-c3ccccc3)c3c(-c4cc5ccccc5[nH]4)cccc23)cc1. The smallest absolute Gasteiger partial charge is 0.0471 e. The van der Waals surface area contributed by atoms with Crippen molar-refractivity contribution in [3.8, 4) is 33.5 Å². The Balaban J connectivity index is 1.67. The van der Waals surface area contributed by atoms with Crippen LogP contribution in [-0.2, 0) is 0 Å². The molecule has 1 nitrogen and oxygen atoms in total. The van der Waals surface area contributed by atoms with E-state index in [1.165, 1.54) is 60.1 Å². The molecular formula is C35H26NP. The Hall–Kier alpha value is -4.19. The van der Waals surface area contributed by atoms with Crippen LogP contribution in [0.5, 0.6) is 0 Å². The Bertz CT molecular complexity index is 1860. The van der Waals surface area contributed by atoms with Crippen molar-refractivity contribution in [2.24, 2.45) is 0 Å². The number of para-hydroxylation sites is 1. The first-order valence-electron chi connectivity index (χ1n) is 12.7. The molecule has 2 heteroatoms. The summed E-state index contributed by atoms with van der Waals surface area (Å²) < 4.78 is 0. The molecule has 1 atom stereocenters. The van der Waals surface area contributed by atoms with Gasteiger partial charge >= 0.3 is 0 Å². The summed E-state index contributed by atoms with van der Waals surface area (Å²) in [6, 6.07) is 46.5. The van der Waals surface area contributed by atoms with E-state index in [9.17, 15) is 0 Å². The van der Waals surface area contributed by atoms with Crippen LogP contribution in [0, 0.1) is 0 Å². The van der Waals surface area contributed by atoms with Gasteiger partial charge in [-0.05, 0) is 62.5 Å². The Morgan fingerprint density at radius 1 is 0.541 bits per heavy atom. The van der Waals surface area contributed by atoms with Crippen LogP contribution in [0.25, 0.3) is 66.0 Å². The zero-order chi connectivity index (χ0) is 24.8. The average molecular weight is 492 g/mol. The minimum Gasteiger partial charge on any atom is -0.355 e. The first-order chi connectivity index (χ1) is 18.3. The number of H-pyrrole nitrogens is 1. The molecular weight excluding hydrogens is 465 g/mol. The summed E-state index contributed by atoms with van der Waals surface area (Å²) >= 11 is 0. The predicted molar refractivity (Wildman–Crippen MR) is 163 cm³/mol. The highest BCUT2D eigenvalue weighted by atomic mass is 31.1. The second-order valence-electron chi connectivity index (χ2n) is 9.49. The maximum absolute atomic E-state index is 3.71. The molecule has 0 radical (unpaired) electrons. The average Bonchev–Trinajstić information content (AvgIpc) is 3.40. The van der Waals surface area contributed by atoms with Crippen molar-refractivity contribution < 1.29 is 0 Å². The van der Waals surface area contributed by atoms with Gasteiger partial charge in [0.25, 0.3) is 0 Å². The van der Waals surface area contributed by atoms with Gasteiger partial charge in [-0.1, -0.05) is 124 Å². The van der Waals surface area contributed by atoms with E-state index < -0.39 is 0 Å². The van der Waals surface area contributed by atoms with Gasteiger partial charge in [0.05, 0.1) is 0 Å². The summed E-state index contributed by atoms with van der Waals surface area (Å²) in [7, 11) is 0.795. The number of aromatic nitrogens is 1. The molecule has 6 aromatic carbocycles. The van der Waals surface area contributed by atoms with Crippen molar-refractivity contribution in [2.45, 2.75) is 0 Å². The minimum absolute atomic E-state index is 0.795. The van der Waals surface area contributed by atoms with Gasteiger partial charge < -0.3 is 4.98 Å². The van der Waals surface area contributed by atoms with Gasteiger partial charge in [0.1, 0.15) is 0 Å². The van der Waals surface area contributed by atoms with Gasteiger partial charge in [0.2, 0.25) is 0 Å². The van der Waals surface area contributed by atoms with Crippen LogP contribution in [-0.4, -0.2) is 11.6 Å². The molecule has 0 saturated heterocycles. The highest BCUT2D eigenvalue weighted by molar-refractivity contribution is 7.46. The summed E-state index contributed by atoms with van der Waals surface area (Å²) in [4.78, 5) is 3.71. The van der Waals surface area contributed by atoms with Crippen LogP contribution < -0.4 is 5.30 Å². The Morgan fingerprint density at radius 2 is 1.19 bits per heavy atom. The summed E-state index contributed by atoms with van der Waals surface area (Å²) in [5.41, 5.74) is 8.62. The van der Waals surface area contributed by atoms with Crippen molar-refractivity contribution in [1.29, 1.82) is 0 Å². The fourth-order valence-electron chi connectivity index (χ4n) is 5.69. The predicted octanol–water partition coefficient (Wildman–Crippen LogP) is 9.41.